The average molecular weight is 167 g/mol. The molecule has 0 amide bonds. The van der Waals surface area contributed by atoms with Crippen molar-refractivity contribution in [1.82, 2.24) is 10.6 Å². The van der Waals surface area contributed by atoms with Gasteiger partial charge in [-0.05, 0) is 38.9 Å². The molecule has 1 aliphatic rings. The van der Waals surface area contributed by atoms with Gasteiger partial charge in [0.25, 0.3) is 0 Å². The van der Waals surface area contributed by atoms with E-state index in [1.807, 2.05) is 7.05 Å². The first kappa shape index (κ1) is 9.50. The lowest BCUT2D eigenvalue weighted by molar-refractivity contribution is 0.292. The Morgan fingerprint density at radius 2 is 2.25 bits per heavy atom. The molecule has 3 heteroatoms. The fourth-order valence-electron chi connectivity index (χ4n) is 1.85. The van der Waals surface area contributed by atoms with Crippen LogP contribution in [0.1, 0.15) is 19.3 Å². The van der Waals surface area contributed by atoms with Gasteiger partial charge in [0.15, 0.2) is 0 Å². The van der Waals surface area contributed by atoms with Gasteiger partial charge in [-0.1, -0.05) is 0 Å². The fraction of sp³-hybridized carbons (Fsp3) is 0.889. The van der Waals surface area contributed by atoms with Crippen LogP contribution in [0.15, 0.2) is 0 Å². The third kappa shape index (κ3) is 2.47. The van der Waals surface area contributed by atoms with Gasteiger partial charge in [-0.2, -0.15) is 5.26 Å². The van der Waals surface area contributed by atoms with Crippen LogP contribution in [0.2, 0.25) is 0 Å². The highest BCUT2D eigenvalue weighted by Crippen LogP contribution is 2.17. The highest BCUT2D eigenvalue weighted by atomic mass is 14.9. The summed E-state index contributed by atoms with van der Waals surface area (Å²) in [6.07, 6.45) is 3.04. The Kier molecular flexibility index (Phi) is 4.06. The molecule has 0 spiro atoms. The predicted molar refractivity (Wildman–Crippen MR) is 48.7 cm³/mol. The van der Waals surface area contributed by atoms with E-state index < -0.39 is 0 Å². The second-order valence-corrected chi connectivity index (χ2v) is 3.34. The number of hydrogen-bond donors (Lipinski definition) is 2. The standard InChI is InChI=1S/C9H17N3/c1-11-9(2-5-10)8-3-6-12-7-4-8/h8-9,11-12H,2-4,6-7H2,1H3. The summed E-state index contributed by atoms with van der Waals surface area (Å²) < 4.78 is 0. The van der Waals surface area contributed by atoms with Crippen LogP contribution in [0, 0.1) is 17.2 Å². The van der Waals surface area contributed by atoms with Crippen LogP contribution in [0.5, 0.6) is 0 Å². The molecule has 3 nitrogen and oxygen atoms in total. The maximum absolute atomic E-state index is 8.59. The number of nitrogens with zero attached hydrogens (tertiary/aromatic N) is 1. The number of nitriles is 1. The zero-order valence-corrected chi connectivity index (χ0v) is 7.64. The van der Waals surface area contributed by atoms with Gasteiger partial charge in [-0.15, -0.1) is 0 Å². The minimum absolute atomic E-state index is 0.400. The van der Waals surface area contributed by atoms with E-state index in [1.54, 1.807) is 0 Å². The largest absolute Gasteiger partial charge is 0.317 e. The molecule has 0 aliphatic carbocycles. The van der Waals surface area contributed by atoms with Crippen LogP contribution in [-0.2, 0) is 0 Å². The molecule has 1 fully saturated rings. The molecule has 0 bridgehead atoms. The van der Waals surface area contributed by atoms with E-state index in [1.165, 1.54) is 12.8 Å². The fourth-order valence-corrected chi connectivity index (χ4v) is 1.85. The highest BCUT2D eigenvalue weighted by molar-refractivity contribution is 4.86. The number of nitrogens with one attached hydrogen (secondary N) is 2. The molecule has 0 aromatic heterocycles. The second-order valence-electron chi connectivity index (χ2n) is 3.34. The first-order valence-corrected chi connectivity index (χ1v) is 4.63. The quantitative estimate of drug-likeness (QED) is 0.643. The summed E-state index contributed by atoms with van der Waals surface area (Å²) in [6.45, 7) is 2.21. The first-order chi connectivity index (χ1) is 5.88. The molecule has 0 radical (unpaired) electrons. The number of hydrogen-bond acceptors (Lipinski definition) is 3. The molecule has 0 saturated carbocycles. The summed E-state index contributed by atoms with van der Waals surface area (Å²) in [5.41, 5.74) is 0. The molecule has 68 valence electrons. The molecule has 1 rings (SSSR count). The maximum Gasteiger partial charge on any atom is 0.0638 e. The third-order valence-corrected chi connectivity index (χ3v) is 2.63. The molecule has 0 aromatic carbocycles. The molecule has 2 N–H and O–H groups in total. The van der Waals surface area contributed by atoms with Gasteiger partial charge in [0.2, 0.25) is 0 Å². The summed E-state index contributed by atoms with van der Waals surface area (Å²) in [4.78, 5) is 0. The SMILES string of the molecule is CNC(CC#N)C1CCNCC1. The van der Waals surface area contributed by atoms with Crippen LogP contribution in [-0.4, -0.2) is 26.2 Å². The summed E-state index contributed by atoms with van der Waals surface area (Å²) in [5.74, 6) is 0.691. The zero-order valence-electron chi connectivity index (χ0n) is 7.64. The van der Waals surface area contributed by atoms with Crippen molar-refractivity contribution in [3.05, 3.63) is 0 Å². The third-order valence-electron chi connectivity index (χ3n) is 2.63. The lowest BCUT2D eigenvalue weighted by Gasteiger charge is -2.28. The number of piperidine rings is 1. The van der Waals surface area contributed by atoms with Crippen molar-refractivity contribution in [2.45, 2.75) is 25.3 Å². The molecule has 1 saturated heterocycles. The molecule has 1 unspecified atom stereocenters. The van der Waals surface area contributed by atoms with Crippen LogP contribution in [0.3, 0.4) is 0 Å². The van der Waals surface area contributed by atoms with Crippen molar-refractivity contribution in [2.75, 3.05) is 20.1 Å². The summed E-state index contributed by atoms with van der Waals surface area (Å²) in [6, 6.07) is 2.63. The van der Waals surface area contributed by atoms with E-state index in [9.17, 15) is 0 Å². The van der Waals surface area contributed by atoms with Crippen LogP contribution in [0.4, 0.5) is 0 Å². The van der Waals surface area contributed by atoms with Crippen molar-refractivity contribution in [2.24, 2.45) is 5.92 Å². The van der Waals surface area contributed by atoms with Gasteiger partial charge >= 0.3 is 0 Å². The Labute approximate surface area is 74.1 Å². The minimum atomic E-state index is 0.400. The monoisotopic (exact) mass is 167 g/mol. The van der Waals surface area contributed by atoms with E-state index in [0.717, 1.165) is 13.1 Å². The van der Waals surface area contributed by atoms with E-state index >= 15 is 0 Å². The van der Waals surface area contributed by atoms with E-state index in [0.29, 0.717) is 18.4 Å². The van der Waals surface area contributed by atoms with Gasteiger partial charge in [0.05, 0.1) is 12.5 Å². The Balaban J connectivity index is 2.36. The number of rotatable bonds is 3. The molecule has 12 heavy (non-hydrogen) atoms. The van der Waals surface area contributed by atoms with E-state index in [4.69, 9.17) is 5.26 Å². The van der Waals surface area contributed by atoms with E-state index in [-0.39, 0.29) is 0 Å². The Bertz CT molecular complexity index is 156. The Hall–Kier alpha value is -0.590. The molecule has 1 atom stereocenters. The normalized spacial score (nSPS) is 21.7. The molecule has 1 aliphatic heterocycles. The maximum atomic E-state index is 8.59. The Morgan fingerprint density at radius 3 is 2.75 bits per heavy atom. The van der Waals surface area contributed by atoms with Gasteiger partial charge in [-0.25, -0.2) is 0 Å². The van der Waals surface area contributed by atoms with Crippen LogP contribution < -0.4 is 10.6 Å². The van der Waals surface area contributed by atoms with Crippen molar-refractivity contribution in [3.8, 4) is 6.07 Å². The first-order valence-electron chi connectivity index (χ1n) is 4.63. The molecular weight excluding hydrogens is 150 g/mol. The average Bonchev–Trinajstić information content (AvgIpc) is 2.15. The summed E-state index contributed by atoms with van der Waals surface area (Å²) in [5, 5.41) is 15.1. The van der Waals surface area contributed by atoms with Gasteiger partial charge < -0.3 is 10.6 Å². The predicted octanol–water partition coefficient (Wildman–Crippen LogP) is 0.488. The van der Waals surface area contributed by atoms with Crippen molar-refractivity contribution in [1.29, 1.82) is 5.26 Å². The smallest absolute Gasteiger partial charge is 0.0638 e. The Morgan fingerprint density at radius 1 is 1.58 bits per heavy atom. The lowest BCUT2D eigenvalue weighted by Crippen LogP contribution is -2.40. The summed E-state index contributed by atoms with van der Waals surface area (Å²) in [7, 11) is 1.95. The van der Waals surface area contributed by atoms with Gasteiger partial charge in [0, 0.05) is 6.04 Å². The molecule has 0 aromatic rings. The lowest BCUT2D eigenvalue weighted by atomic mass is 9.89. The molecule has 1 heterocycles. The molecular formula is C9H17N3. The highest BCUT2D eigenvalue weighted by Gasteiger charge is 2.21. The van der Waals surface area contributed by atoms with Crippen molar-refractivity contribution in [3.63, 3.8) is 0 Å². The minimum Gasteiger partial charge on any atom is -0.317 e. The van der Waals surface area contributed by atoms with Gasteiger partial charge in [0.1, 0.15) is 0 Å². The van der Waals surface area contributed by atoms with E-state index in [2.05, 4.69) is 16.7 Å². The summed E-state index contributed by atoms with van der Waals surface area (Å²) >= 11 is 0. The van der Waals surface area contributed by atoms with Crippen LogP contribution in [0.25, 0.3) is 0 Å². The van der Waals surface area contributed by atoms with Crippen molar-refractivity contribution >= 4 is 0 Å². The second kappa shape index (κ2) is 5.13. The van der Waals surface area contributed by atoms with Crippen LogP contribution >= 0.6 is 0 Å². The zero-order chi connectivity index (χ0) is 8.81. The topological polar surface area (TPSA) is 47.9 Å². The van der Waals surface area contributed by atoms with Crippen molar-refractivity contribution < 1.29 is 0 Å². The van der Waals surface area contributed by atoms with Gasteiger partial charge in [-0.3, -0.25) is 0 Å².